The Hall–Kier alpha value is -3.00. The van der Waals surface area contributed by atoms with Crippen LogP contribution >= 0.6 is 11.3 Å². The van der Waals surface area contributed by atoms with E-state index in [2.05, 4.69) is 4.98 Å². The number of nitrogens with two attached hydrogens (primary N) is 1. The molecule has 8 heteroatoms. The van der Waals surface area contributed by atoms with E-state index in [-0.39, 0.29) is 29.8 Å². The number of thiophene rings is 1. The smallest absolute Gasteiger partial charge is 0.312 e. The maximum Gasteiger partial charge on any atom is 0.312 e. The SMILES string of the molecule is Cc1sc2ncn(CCC(=O)Oc3cccc(C(N)=O)c3)c(=O)c2c1C. The first kappa shape index (κ1) is 17.8. The van der Waals surface area contributed by atoms with Gasteiger partial charge in [-0.15, -0.1) is 11.3 Å². The quantitative estimate of drug-likeness (QED) is 0.547. The van der Waals surface area contributed by atoms with E-state index in [1.54, 1.807) is 12.1 Å². The molecular weight excluding hydrogens is 354 g/mol. The summed E-state index contributed by atoms with van der Waals surface area (Å²) in [7, 11) is 0. The standard InChI is InChI=1S/C18H17N3O4S/c1-10-11(2)26-17-15(10)18(24)21(9-20-17)7-6-14(22)25-13-5-3-4-12(8-13)16(19)23/h3-5,8-9H,6-7H2,1-2H3,(H2,19,23). The average Bonchev–Trinajstić information content (AvgIpc) is 2.89. The number of primary amides is 1. The molecule has 7 nitrogen and oxygen atoms in total. The third-order valence-electron chi connectivity index (χ3n) is 4.06. The van der Waals surface area contributed by atoms with Crippen LogP contribution in [0.25, 0.3) is 10.2 Å². The first-order chi connectivity index (χ1) is 12.4. The van der Waals surface area contributed by atoms with Gasteiger partial charge in [0.15, 0.2) is 0 Å². The third kappa shape index (κ3) is 3.50. The number of aromatic nitrogens is 2. The number of ether oxygens (including phenoxy) is 1. The summed E-state index contributed by atoms with van der Waals surface area (Å²) < 4.78 is 6.61. The van der Waals surface area contributed by atoms with Crippen molar-refractivity contribution in [2.75, 3.05) is 0 Å². The number of fused-ring (bicyclic) bond motifs is 1. The van der Waals surface area contributed by atoms with Crippen molar-refractivity contribution in [3.8, 4) is 5.75 Å². The van der Waals surface area contributed by atoms with Crippen molar-refractivity contribution in [1.82, 2.24) is 9.55 Å². The molecule has 0 radical (unpaired) electrons. The maximum atomic E-state index is 12.6. The van der Waals surface area contributed by atoms with Gasteiger partial charge in [0.25, 0.3) is 5.56 Å². The first-order valence-electron chi connectivity index (χ1n) is 7.92. The van der Waals surface area contributed by atoms with Gasteiger partial charge < -0.3 is 10.5 Å². The predicted octanol–water partition coefficient (Wildman–Crippen LogP) is 2.17. The van der Waals surface area contributed by atoms with Crippen LogP contribution in [0.5, 0.6) is 5.75 Å². The maximum absolute atomic E-state index is 12.6. The lowest BCUT2D eigenvalue weighted by atomic mass is 10.2. The van der Waals surface area contributed by atoms with Gasteiger partial charge in [0.05, 0.1) is 18.1 Å². The average molecular weight is 371 g/mol. The van der Waals surface area contributed by atoms with Crippen molar-refractivity contribution < 1.29 is 14.3 Å². The molecule has 2 heterocycles. The van der Waals surface area contributed by atoms with Crippen LogP contribution in [0.4, 0.5) is 0 Å². The van der Waals surface area contributed by atoms with Crippen molar-refractivity contribution in [3.05, 3.63) is 57.0 Å². The lowest BCUT2D eigenvalue weighted by Crippen LogP contribution is -2.23. The zero-order valence-corrected chi connectivity index (χ0v) is 15.1. The number of hydrogen-bond donors (Lipinski definition) is 1. The number of rotatable bonds is 5. The third-order valence-corrected chi connectivity index (χ3v) is 5.18. The molecule has 134 valence electrons. The Balaban J connectivity index is 1.72. The van der Waals surface area contributed by atoms with E-state index in [1.165, 1.54) is 34.4 Å². The highest BCUT2D eigenvalue weighted by molar-refractivity contribution is 7.18. The fourth-order valence-corrected chi connectivity index (χ4v) is 3.52. The molecule has 26 heavy (non-hydrogen) atoms. The van der Waals surface area contributed by atoms with Crippen LogP contribution < -0.4 is 16.0 Å². The first-order valence-corrected chi connectivity index (χ1v) is 8.74. The summed E-state index contributed by atoms with van der Waals surface area (Å²) in [5.41, 5.74) is 6.21. The highest BCUT2D eigenvalue weighted by atomic mass is 32.1. The van der Waals surface area contributed by atoms with Gasteiger partial charge in [0.1, 0.15) is 10.6 Å². The minimum absolute atomic E-state index is 0.00391. The van der Waals surface area contributed by atoms with Crippen LogP contribution in [0.2, 0.25) is 0 Å². The summed E-state index contributed by atoms with van der Waals surface area (Å²) in [5.74, 6) is -0.886. The number of hydrogen-bond acceptors (Lipinski definition) is 6. The second-order valence-corrected chi connectivity index (χ2v) is 7.03. The molecule has 1 aromatic carbocycles. The molecule has 0 saturated heterocycles. The van der Waals surface area contributed by atoms with Gasteiger partial charge >= 0.3 is 5.97 Å². The Labute approximate surface area is 153 Å². The number of amides is 1. The fraction of sp³-hybridized carbons (Fsp3) is 0.222. The van der Waals surface area contributed by atoms with Crippen LogP contribution in [-0.2, 0) is 11.3 Å². The minimum atomic E-state index is -0.602. The van der Waals surface area contributed by atoms with E-state index in [0.717, 1.165) is 10.4 Å². The van der Waals surface area contributed by atoms with Gasteiger partial charge in [-0.1, -0.05) is 6.07 Å². The molecule has 0 aliphatic heterocycles. The molecule has 2 aromatic heterocycles. The van der Waals surface area contributed by atoms with Gasteiger partial charge in [0.2, 0.25) is 5.91 Å². The molecule has 2 N–H and O–H groups in total. The van der Waals surface area contributed by atoms with Crippen LogP contribution in [0.15, 0.2) is 35.4 Å². The molecule has 0 unspecified atom stereocenters. The molecule has 0 atom stereocenters. The Morgan fingerprint density at radius 1 is 1.31 bits per heavy atom. The Kier molecular flexibility index (Phi) is 4.85. The fourth-order valence-electron chi connectivity index (χ4n) is 2.54. The Bertz CT molecular complexity index is 1070. The molecule has 0 aliphatic carbocycles. The number of benzene rings is 1. The molecule has 0 fully saturated rings. The van der Waals surface area contributed by atoms with E-state index in [9.17, 15) is 14.4 Å². The monoisotopic (exact) mass is 371 g/mol. The Morgan fingerprint density at radius 2 is 2.08 bits per heavy atom. The van der Waals surface area contributed by atoms with Gasteiger partial charge in [0, 0.05) is 17.0 Å². The molecule has 1 amide bonds. The molecule has 0 spiro atoms. The molecule has 3 aromatic rings. The van der Waals surface area contributed by atoms with E-state index >= 15 is 0 Å². The topological polar surface area (TPSA) is 104 Å². The number of carbonyl (C=O) groups excluding carboxylic acids is 2. The number of aryl methyl sites for hydroxylation is 3. The molecule has 0 bridgehead atoms. The number of nitrogens with zero attached hydrogens (tertiary/aromatic N) is 2. The highest BCUT2D eigenvalue weighted by Crippen LogP contribution is 2.25. The van der Waals surface area contributed by atoms with Crippen molar-refractivity contribution in [2.24, 2.45) is 5.73 Å². The van der Waals surface area contributed by atoms with E-state index in [0.29, 0.717) is 10.2 Å². The predicted molar refractivity (Wildman–Crippen MR) is 98.6 cm³/mol. The summed E-state index contributed by atoms with van der Waals surface area (Å²) in [4.78, 5) is 41.8. The van der Waals surface area contributed by atoms with Crippen LogP contribution in [0.1, 0.15) is 27.2 Å². The van der Waals surface area contributed by atoms with Gasteiger partial charge in [-0.3, -0.25) is 19.0 Å². The second kappa shape index (κ2) is 7.09. The van der Waals surface area contributed by atoms with Crippen LogP contribution in [-0.4, -0.2) is 21.4 Å². The summed E-state index contributed by atoms with van der Waals surface area (Å²) >= 11 is 1.48. The summed E-state index contributed by atoms with van der Waals surface area (Å²) in [6.07, 6.45) is 1.44. The second-order valence-electron chi connectivity index (χ2n) is 5.82. The van der Waals surface area contributed by atoms with Crippen molar-refractivity contribution in [2.45, 2.75) is 26.8 Å². The van der Waals surface area contributed by atoms with Crippen molar-refractivity contribution >= 4 is 33.4 Å². The van der Waals surface area contributed by atoms with Crippen LogP contribution in [0.3, 0.4) is 0 Å². The summed E-state index contributed by atoms with van der Waals surface area (Å²) in [6, 6.07) is 6.07. The van der Waals surface area contributed by atoms with Crippen molar-refractivity contribution in [1.29, 1.82) is 0 Å². The van der Waals surface area contributed by atoms with Crippen molar-refractivity contribution in [3.63, 3.8) is 0 Å². The molecule has 0 aliphatic rings. The highest BCUT2D eigenvalue weighted by Gasteiger charge is 2.13. The largest absolute Gasteiger partial charge is 0.426 e. The Morgan fingerprint density at radius 3 is 2.81 bits per heavy atom. The lowest BCUT2D eigenvalue weighted by molar-refractivity contribution is -0.134. The van der Waals surface area contributed by atoms with Gasteiger partial charge in [-0.05, 0) is 37.6 Å². The van der Waals surface area contributed by atoms with Gasteiger partial charge in [-0.2, -0.15) is 0 Å². The molecule has 3 rings (SSSR count). The minimum Gasteiger partial charge on any atom is -0.426 e. The normalized spacial score (nSPS) is 10.8. The number of carbonyl (C=O) groups is 2. The van der Waals surface area contributed by atoms with E-state index < -0.39 is 11.9 Å². The molecule has 0 saturated carbocycles. The van der Waals surface area contributed by atoms with E-state index in [1.807, 2.05) is 13.8 Å². The lowest BCUT2D eigenvalue weighted by Gasteiger charge is -2.07. The zero-order valence-electron chi connectivity index (χ0n) is 14.3. The van der Waals surface area contributed by atoms with Gasteiger partial charge in [-0.25, -0.2) is 4.98 Å². The number of esters is 1. The summed E-state index contributed by atoms with van der Waals surface area (Å²) in [6.45, 7) is 4.00. The zero-order chi connectivity index (χ0) is 18.8. The summed E-state index contributed by atoms with van der Waals surface area (Å²) in [5, 5.41) is 0.595. The van der Waals surface area contributed by atoms with E-state index in [4.69, 9.17) is 10.5 Å². The van der Waals surface area contributed by atoms with Crippen LogP contribution in [0, 0.1) is 13.8 Å². The molecular formula is C18H17N3O4S.